The largest absolute Gasteiger partial charge is 0.386 e. The molecule has 4 nitrogen and oxygen atoms in total. The first-order valence-electron chi connectivity index (χ1n) is 6.30. The minimum Gasteiger partial charge on any atom is -0.386 e. The third-order valence-corrected chi connectivity index (χ3v) is 3.57. The quantitative estimate of drug-likeness (QED) is 0.845. The van der Waals surface area contributed by atoms with Crippen molar-refractivity contribution in [2.45, 2.75) is 19.4 Å². The number of hydrogen-bond donors (Lipinski definition) is 2. The predicted molar refractivity (Wildman–Crippen MR) is 71.3 cm³/mol. The zero-order valence-electron chi connectivity index (χ0n) is 10.9. The first-order chi connectivity index (χ1) is 8.51. The molecule has 0 bridgehead atoms. The summed E-state index contributed by atoms with van der Waals surface area (Å²) in [6.45, 7) is 5.12. The highest BCUT2D eigenvalue weighted by Crippen LogP contribution is 2.28. The molecule has 98 valence electrons. The second kappa shape index (κ2) is 4.98. The number of carbonyl (C=O) groups excluding carboxylic acids is 1. The summed E-state index contributed by atoms with van der Waals surface area (Å²) in [5, 5.41) is 13.2. The van der Waals surface area contributed by atoms with Crippen LogP contribution >= 0.6 is 0 Å². The molecule has 18 heavy (non-hydrogen) atoms. The molecule has 2 rings (SSSR count). The minimum atomic E-state index is -0.692. The van der Waals surface area contributed by atoms with E-state index < -0.39 is 5.60 Å². The van der Waals surface area contributed by atoms with Gasteiger partial charge in [0.15, 0.2) is 0 Å². The molecule has 4 heteroatoms. The molecular weight excluding hydrogens is 228 g/mol. The van der Waals surface area contributed by atoms with Crippen LogP contribution in [0.25, 0.3) is 0 Å². The number of para-hydroxylation sites is 1. The van der Waals surface area contributed by atoms with E-state index in [9.17, 15) is 9.90 Å². The van der Waals surface area contributed by atoms with Gasteiger partial charge in [-0.3, -0.25) is 4.79 Å². The fraction of sp³-hybridized carbons (Fsp3) is 0.500. The fourth-order valence-electron chi connectivity index (χ4n) is 2.00. The van der Waals surface area contributed by atoms with Gasteiger partial charge < -0.3 is 15.3 Å². The Labute approximate surface area is 108 Å². The summed E-state index contributed by atoms with van der Waals surface area (Å²) < 4.78 is 0. The van der Waals surface area contributed by atoms with Crippen molar-refractivity contribution in [2.24, 2.45) is 5.92 Å². The first kappa shape index (κ1) is 12.9. The SMILES string of the molecule is CC(C)C1(O)CN(C(=O)CNc2ccccc2)C1. The number of anilines is 1. The lowest BCUT2D eigenvalue weighted by Gasteiger charge is -2.49. The first-order valence-corrected chi connectivity index (χ1v) is 6.30. The highest BCUT2D eigenvalue weighted by Gasteiger charge is 2.45. The van der Waals surface area contributed by atoms with Crippen molar-refractivity contribution >= 4 is 11.6 Å². The highest BCUT2D eigenvalue weighted by atomic mass is 16.3. The number of aliphatic hydroxyl groups is 1. The summed E-state index contributed by atoms with van der Waals surface area (Å²) in [4.78, 5) is 13.6. The molecule has 1 aliphatic heterocycles. The molecule has 0 aliphatic carbocycles. The normalized spacial score (nSPS) is 17.4. The third-order valence-electron chi connectivity index (χ3n) is 3.57. The molecule has 0 aromatic heterocycles. The molecule has 1 fully saturated rings. The summed E-state index contributed by atoms with van der Waals surface area (Å²) in [5.74, 6) is 0.216. The van der Waals surface area contributed by atoms with Gasteiger partial charge in [-0.25, -0.2) is 0 Å². The summed E-state index contributed by atoms with van der Waals surface area (Å²) in [5.41, 5.74) is 0.244. The molecule has 1 aromatic carbocycles. The van der Waals surface area contributed by atoms with E-state index in [2.05, 4.69) is 5.32 Å². The lowest BCUT2D eigenvalue weighted by atomic mass is 9.83. The number of nitrogens with zero attached hydrogens (tertiary/aromatic N) is 1. The van der Waals surface area contributed by atoms with Crippen molar-refractivity contribution in [3.8, 4) is 0 Å². The van der Waals surface area contributed by atoms with Crippen LogP contribution in [-0.4, -0.2) is 41.1 Å². The number of rotatable bonds is 4. The van der Waals surface area contributed by atoms with Gasteiger partial charge in [0.05, 0.1) is 19.6 Å². The number of carbonyl (C=O) groups is 1. The van der Waals surface area contributed by atoms with E-state index in [4.69, 9.17) is 0 Å². The highest BCUT2D eigenvalue weighted by molar-refractivity contribution is 5.81. The van der Waals surface area contributed by atoms with Crippen molar-refractivity contribution in [1.82, 2.24) is 4.90 Å². The topological polar surface area (TPSA) is 52.6 Å². The maximum atomic E-state index is 11.9. The zero-order chi connectivity index (χ0) is 13.2. The van der Waals surface area contributed by atoms with Crippen LogP contribution in [-0.2, 0) is 4.79 Å². The second-order valence-electron chi connectivity index (χ2n) is 5.23. The van der Waals surface area contributed by atoms with Gasteiger partial charge in [0.2, 0.25) is 5.91 Å². The summed E-state index contributed by atoms with van der Waals surface area (Å²) >= 11 is 0. The Morgan fingerprint density at radius 1 is 1.39 bits per heavy atom. The van der Waals surface area contributed by atoms with Crippen LogP contribution in [0.5, 0.6) is 0 Å². The number of amides is 1. The fourth-order valence-corrected chi connectivity index (χ4v) is 2.00. The van der Waals surface area contributed by atoms with Crippen molar-refractivity contribution in [2.75, 3.05) is 25.0 Å². The molecular formula is C14H20N2O2. The monoisotopic (exact) mass is 248 g/mol. The van der Waals surface area contributed by atoms with Crippen molar-refractivity contribution in [3.05, 3.63) is 30.3 Å². The number of β-amino-alcohol motifs (C(OH)–C–C–N with tert-alkyl or cyclic N) is 1. The molecule has 1 aromatic rings. The Kier molecular flexibility index (Phi) is 3.57. The van der Waals surface area contributed by atoms with Crippen molar-refractivity contribution in [3.63, 3.8) is 0 Å². The molecule has 1 aliphatic rings. The van der Waals surface area contributed by atoms with Crippen LogP contribution < -0.4 is 5.32 Å². The van der Waals surface area contributed by atoms with Crippen LogP contribution in [0, 0.1) is 5.92 Å². The Morgan fingerprint density at radius 3 is 2.56 bits per heavy atom. The molecule has 0 unspecified atom stereocenters. The van der Waals surface area contributed by atoms with E-state index >= 15 is 0 Å². The maximum absolute atomic E-state index is 11.9. The Hall–Kier alpha value is -1.55. The third kappa shape index (κ3) is 2.64. The Morgan fingerprint density at radius 2 is 2.00 bits per heavy atom. The molecule has 1 heterocycles. The van der Waals surface area contributed by atoms with E-state index in [0.717, 1.165) is 5.69 Å². The number of likely N-dealkylation sites (tertiary alicyclic amines) is 1. The van der Waals surface area contributed by atoms with Gasteiger partial charge >= 0.3 is 0 Å². The molecule has 0 atom stereocenters. The minimum absolute atomic E-state index is 0.0316. The Balaban J connectivity index is 1.78. The predicted octanol–water partition coefficient (Wildman–Crippen LogP) is 1.33. The smallest absolute Gasteiger partial charge is 0.242 e. The molecule has 0 spiro atoms. The lowest BCUT2D eigenvalue weighted by molar-refractivity contribution is -0.162. The van der Waals surface area contributed by atoms with Gasteiger partial charge in [-0.05, 0) is 18.1 Å². The maximum Gasteiger partial charge on any atom is 0.242 e. The number of benzene rings is 1. The van der Waals surface area contributed by atoms with Crippen LogP contribution in [0.3, 0.4) is 0 Å². The van der Waals surface area contributed by atoms with E-state index in [0.29, 0.717) is 13.1 Å². The van der Waals surface area contributed by atoms with Gasteiger partial charge in [-0.1, -0.05) is 32.0 Å². The van der Waals surface area contributed by atoms with Gasteiger partial charge in [-0.2, -0.15) is 0 Å². The van der Waals surface area contributed by atoms with E-state index in [1.165, 1.54) is 0 Å². The van der Waals surface area contributed by atoms with E-state index in [1.807, 2.05) is 44.2 Å². The lowest BCUT2D eigenvalue weighted by Crippen LogP contribution is -2.66. The van der Waals surface area contributed by atoms with Crippen LogP contribution in [0.4, 0.5) is 5.69 Å². The molecule has 1 saturated heterocycles. The van der Waals surface area contributed by atoms with E-state index in [1.54, 1.807) is 4.90 Å². The standard InChI is InChI=1S/C14H20N2O2/c1-11(2)14(18)9-16(10-14)13(17)8-15-12-6-4-3-5-7-12/h3-7,11,15,18H,8-10H2,1-2H3. The van der Waals surface area contributed by atoms with E-state index in [-0.39, 0.29) is 18.4 Å². The average molecular weight is 248 g/mol. The molecule has 0 radical (unpaired) electrons. The summed E-state index contributed by atoms with van der Waals surface area (Å²) in [7, 11) is 0. The van der Waals surface area contributed by atoms with Crippen LogP contribution in [0.2, 0.25) is 0 Å². The van der Waals surface area contributed by atoms with Crippen LogP contribution in [0.1, 0.15) is 13.8 Å². The number of nitrogens with one attached hydrogen (secondary N) is 1. The number of hydrogen-bond acceptors (Lipinski definition) is 3. The second-order valence-corrected chi connectivity index (χ2v) is 5.23. The average Bonchev–Trinajstić information content (AvgIpc) is 2.33. The molecule has 2 N–H and O–H groups in total. The van der Waals surface area contributed by atoms with Gasteiger partial charge in [0, 0.05) is 5.69 Å². The zero-order valence-corrected chi connectivity index (χ0v) is 10.9. The van der Waals surface area contributed by atoms with Crippen molar-refractivity contribution in [1.29, 1.82) is 0 Å². The summed E-state index contributed by atoms with van der Waals surface area (Å²) in [6, 6.07) is 9.63. The van der Waals surface area contributed by atoms with Crippen LogP contribution in [0.15, 0.2) is 30.3 Å². The molecule has 1 amide bonds. The molecule has 0 saturated carbocycles. The van der Waals surface area contributed by atoms with Gasteiger partial charge in [0.1, 0.15) is 5.60 Å². The van der Waals surface area contributed by atoms with Gasteiger partial charge in [-0.15, -0.1) is 0 Å². The van der Waals surface area contributed by atoms with Gasteiger partial charge in [0.25, 0.3) is 0 Å². The van der Waals surface area contributed by atoms with Crippen molar-refractivity contribution < 1.29 is 9.90 Å². The Bertz CT molecular complexity index is 411. The summed E-state index contributed by atoms with van der Waals surface area (Å²) in [6.07, 6.45) is 0.